The number of aliphatic hydroxyl groups is 1. The Hall–Kier alpha value is -2.29. The number of carbonyl (C=O) groups excluding carboxylic acids is 1. The van der Waals surface area contributed by atoms with E-state index < -0.39 is 0 Å². The third-order valence-electron chi connectivity index (χ3n) is 10.9. The molecule has 4 bridgehead atoms. The summed E-state index contributed by atoms with van der Waals surface area (Å²) in [5, 5.41) is 12.4. The summed E-state index contributed by atoms with van der Waals surface area (Å²) in [6.45, 7) is 12.4. The van der Waals surface area contributed by atoms with Crippen LogP contribution in [0.4, 0.5) is 0 Å². The monoisotopic (exact) mass is 771 g/mol. The van der Waals surface area contributed by atoms with Gasteiger partial charge in [-0.3, -0.25) is 4.79 Å². The second-order valence-electron chi connectivity index (χ2n) is 14.0. The molecule has 1 aromatic heterocycles. The second-order valence-corrected chi connectivity index (χ2v) is 14.0. The topological polar surface area (TPSA) is 50.2 Å². The van der Waals surface area contributed by atoms with Crippen molar-refractivity contribution in [2.45, 2.75) is 111 Å². The quantitative estimate of drug-likeness (QED) is 0.134. The first-order valence-electron chi connectivity index (χ1n) is 17.0. The first kappa shape index (κ1) is 34.6. The predicted molar refractivity (Wildman–Crippen MR) is 179 cm³/mol. The molecule has 1 radical (unpaired) electrons. The van der Waals surface area contributed by atoms with E-state index in [-0.39, 0.29) is 43.5 Å². The number of ketones is 1. The number of allylic oxidation sites excluding steroid dienone is 2. The SMILES string of the molecule is CCC(CC)C(=O)/C=C(\O)C(CC)CC.Cc1[c-]c(-c2nccc3ccc(C45CC6CC(CC(C6)C4)C5)cc23)cc(C)c1.[Ir]. The van der Waals surface area contributed by atoms with Gasteiger partial charge < -0.3 is 10.1 Å². The first-order chi connectivity index (χ1) is 20.7. The summed E-state index contributed by atoms with van der Waals surface area (Å²) in [4.78, 5) is 16.5. The summed E-state index contributed by atoms with van der Waals surface area (Å²) in [6.07, 6.45) is 15.6. The summed E-state index contributed by atoms with van der Waals surface area (Å²) < 4.78 is 0. The van der Waals surface area contributed by atoms with Crippen LogP contribution in [0.2, 0.25) is 0 Å². The Morgan fingerprint density at radius 3 is 2.05 bits per heavy atom. The molecule has 239 valence electrons. The van der Waals surface area contributed by atoms with Gasteiger partial charge in [-0.25, -0.2) is 0 Å². The number of aromatic nitrogens is 1. The number of pyridine rings is 1. The maximum Gasteiger partial charge on any atom is 0.162 e. The number of benzene rings is 2. The molecule has 0 unspecified atom stereocenters. The van der Waals surface area contributed by atoms with Crippen molar-refractivity contribution in [2.24, 2.45) is 29.6 Å². The Labute approximate surface area is 279 Å². The minimum Gasteiger partial charge on any atom is -0.512 e. The van der Waals surface area contributed by atoms with Crippen LogP contribution in [0.25, 0.3) is 22.0 Å². The Balaban J connectivity index is 0.000000239. The van der Waals surface area contributed by atoms with Crippen molar-refractivity contribution in [2.75, 3.05) is 0 Å². The number of hydrogen-bond donors (Lipinski definition) is 1. The Kier molecular flexibility index (Phi) is 11.7. The van der Waals surface area contributed by atoms with Crippen molar-refractivity contribution in [3.63, 3.8) is 0 Å². The van der Waals surface area contributed by atoms with Crippen molar-refractivity contribution < 1.29 is 30.0 Å². The number of carbonyl (C=O) groups is 1. The summed E-state index contributed by atoms with van der Waals surface area (Å²) in [5.74, 6) is 3.47. The van der Waals surface area contributed by atoms with E-state index in [2.05, 4.69) is 56.3 Å². The molecule has 7 rings (SSSR count). The van der Waals surface area contributed by atoms with Crippen molar-refractivity contribution in [1.29, 1.82) is 0 Å². The van der Waals surface area contributed by atoms with Crippen molar-refractivity contribution in [3.05, 3.63) is 77.2 Å². The third-order valence-corrected chi connectivity index (χ3v) is 10.9. The molecule has 1 N–H and O–H groups in total. The molecule has 4 fully saturated rings. The van der Waals surface area contributed by atoms with E-state index >= 15 is 0 Å². The molecule has 4 aliphatic rings. The van der Waals surface area contributed by atoms with Gasteiger partial charge in [0.2, 0.25) is 0 Å². The maximum absolute atomic E-state index is 11.7. The number of rotatable bonds is 9. The van der Waals surface area contributed by atoms with E-state index in [4.69, 9.17) is 4.98 Å². The predicted octanol–water partition coefficient (Wildman–Crippen LogP) is 10.7. The number of aliphatic hydroxyl groups excluding tert-OH is 1. The molecule has 0 atom stereocenters. The molecule has 44 heavy (non-hydrogen) atoms. The summed E-state index contributed by atoms with van der Waals surface area (Å²) >= 11 is 0. The van der Waals surface area contributed by atoms with Crippen molar-refractivity contribution in [3.8, 4) is 11.3 Å². The number of fused-ring (bicyclic) bond motifs is 1. The molecule has 3 nitrogen and oxygen atoms in total. The van der Waals surface area contributed by atoms with Gasteiger partial charge in [0.25, 0.3) is 0 Å². The summed E-state index contributed by atoms with van der Waals surface area (Å²) in [7, 11) is 0. The molecule has 3 aromatic rings. The van der Waals surface area contributed by atoms with Gasteiger partial charge in [0.15, 0.2) is 5.78 Å². The largest absolute Gasteiger partial charge is 0.512 e. The molecule has 0 amide bonds. The number of nitrogens with zero attached hydrogens (tertiary/aromatic N) is 1. The smallest absolute Gasteiger partial charge is 0.162 e. The molecular weight excluding hydrogens is 719 g/mol. The van der Waals surface area contributed by atoms with Gasteiger partial charge in [0.1, 0.15) is 0 Å². The molecule has 2 aromatic carbocycles. The molecule has 4 saturated carbocycles. The fourth-order valence-electron chi connectivity index (χ4n) is 8.98. The summed E-state index contributed by atoms with van der Waals surface area (Å²) in [5.41, 5.74) is 6.70. The van der Waals surface area contributed by atoms with Gasteiger partial charge in [-0.2, -0.15) is 0 Å². The van der Waals surface area contributed by atoms with E-state index in [0.29, 0.717) is 5.41 Å². The van der Waals surface area contributed by atoms with Gasteiger partial charge in [-0.05, 0) is 115 Å². The molecule has 4 aliphatic carbocycles. The van der Waals surface area contributed by atoms with E-state index in [9.17, 15) is 9.90 Å². The van der Waals surface area contributed by atoms with Crippen LogP contribution in [0, 0.1) is 49.5 Å². The van der Waals surface area contributed by atoms with Crippen molar-refractivity contribution in [1.82, 2.24) is 4.98 Å². The molecule has 0 aliphatic heterocycles. The van der Waals surface area contributed by atoms with Crippen LogP contribution in [-0.2, 0) is 30.3 Å². The Bertz CT molecular complexity index is 1410. The van der Waals surface area contributed by atoms with Gasteiger partial charge >= 0.3 is 0 Å². The second kappa shape index (κ2) is 14.9. The number of hydrogen-bond acceptors (Lipinski definition) is 3. The molecular formula is C40H52IrNO2-. The van der Waals surface area contributed by atoms with Crippen LogP contribution < -0.4 is 0 Å². The minimum atomic E-state index is 0. The normalized spacial score (nSPS) is 23.9. The van der Waals surface area contributed by atoms with E-state index in [1.807, 2.05) is 33.9 Å². The standard InChI is InChI=1S/C27H28N.C13H24O2.Ir/c1-17-7-18(2)9-23(8-17)26-25-13-24(4-3-22(25)5-6-28-26)27-14-19-10-20(15-27)12-21(11-19)16-27;1-5-10(6-2)12(14)9-13(15)11(7-3)8-4;/h3-8,13,19-21H,10-12,14-16H2,1-2H3;9-11,14H,5-8H2,1-4H3;/q-1;;/b;12-9-;. The third kappa shape index (κ3) is 7.39. The van der Waals surface area contributed by atoms with Gasteiger partial charge in [-0.15, -0.1) is 34.9 Å². The van der Waals surface area contributed by atoms with Crippen molar-refractivity contribution >= 4 is 16.6 Å². The zero-order chi connectivity index (χ0) is 30.7. The Morgan fingerprint density at radius 1 is 0.909 bits per heavy atom. The first-order valence-corrected chi connectivity index (χ1v) is 17.0. The molecule has 0 spiro atoms. The van der Waals surface area contributed by atoms with E-state index in [1.54, 1.807) is 5.56 Å². The molecule has 0 saturated heterocycles. The van der Waals surface area contributed by atoms with Crippen LogP contribution in [-0.4, -0.2) is 15.9 Å². The maximum atomic E-state index is 11.7. The molecule has 1 heterocycles. The van der Waals surface area contributed by atoms with Gasteiger partial charge in [0.05, 0.1) is 5.76 Å². The van der Waals surface area contributed by atoms with Gasteiger partial charge in [-0.1, -0.05) is 59.7 Å². The van der Waals surface area contributed by atoms with E-state index in [0.717, 1.165) is 54.7 Å². The zero-order valence-corrected chi connectivity index (χ0v) is 30.1. The number of aryl methyl sites for hydroxylation is 2. The fraction of sp³-hybridized carbons (Fsp3) is 0.550. The Morgan fingerprint density at radius 2 is 1.50 bits per heavy atom. The van der Waals surface area contributed by atoms with Crippen LogP contribution in [0.15, 0.2) is 54.4 Å². The average molecular weight is 771 g/mol. The van der Waals surface area contributed by atoms with Crippen LogP contribution >= 0.6 is 0 Å². The summed E-state index contributed by atoms with van der Waals surface area (Å²) in [6, 6.07) is 17.4. The van der Waals surface area contributed by atoms with Crippen LogP contribution in [0.5, 0.6) is 0 Å². The minimum absolute atomic E-state index is 0. The average Bonchev–Trinajstić information content (AvgIpc) is 2.97. The van der Waals surface area contributed by atoms with E-state index in [1.165, 1.54) is 66.5 Å². The fourth-order valence-corrected chi connectivity index (χ4v) is 8.98. The van der Waals surface area contributed by atoms with Gasteiger partial charge in [0, 0.05) is 44.2 Å². The van der Waals surface area contributed by atoms with Crippen LogP contribution in [0.3, 0.4) is 0 Å². The zero-order valence-electron chi connectivity index (χ0n) is 27.7. The molecule has 4 heteroatoms. The van der Waals surface area contributed by atoms with Crippen LogP contribution in [0.1, 0.15) is 109 Å².